The maximum Gasteiger partial charge on any atom is 0.337 e. The normalized spacial score (nSPS) is 10.5. The van der Waals surface area contributed by atoms with Crippen molar-refractivity contribution in [3.63, 3.8) is 0 Å². The third-order valence-electron chi connectivity index (χ3n) is 1.59. The van der Waals surface area contributed by atoms with E-state index in [1.54, 1.807) is 6.07 Å². The van der Waals surface area contributed by atoms with E-state index < -0.39 is 5.97 Å². The maximum atomic E-state index is 10.7. The Hall–Kier alpha value is -1.20. The number of aromatic carboxylic acids is 1. The molecule has 1 heterocycles. The van der Waals surface area contributed by atoms with E-state index in [4.69, 9.17) is 16.7 Å². The molecule has 4 nitrogen and oxygen atoms in total. The lowest BCUT2D eigenvalue weighted by molar-refractivity contribution is 0.0697. The second kappa shape index (κ2) is 2.93. The zero-order chi connectivity index (χ0) is 9.42. The highest BCUT2D eigenvalue weighted by molar-refractivity contribution is 7.13. The van der Waals surface area contributed by atoms with E-state index >= 15 is 0 Å². The molecule has 0 spiro atoms. The summed E-state index contributed by atoms with van der Waals surface area (Å²) in [6.45, 7) is 0. The van der Waals surface area contributed by atoms with Crippen LogP contribution in [0.2, 0.25) is 5.02 Å². The molecule has 0 amide bonds. The second-order valence-corrected chi connectivity index (χ2v) is 3.49. The summed E-state index contributed by atoms with van der Waals surface area (Å²) in [5, 5.41) is 12.7. The summed E-state index contributed by atoms with van der Waals surface area (Å²) in [7, 11) is 0. The predicted octanol–water partition coefficient (Wildman–Crippen LogP) is 2.04. The summed E-state index contributed by atoms with van der Waals surface area (Å²) in [6.07, 6.45) is 0. The van der Waals surface area contributed by atoms with Crippen LogP contribution >= 0.6 is 23.1 Å². The van der Waals surface area contributed by atoms with Gasteiger partial charge < -0.3 is 5.11 Å². The Morgan fingerprint density at radius 2 is 2.31 bits per heavy atom. The second-order valence-electron chi connectivity index (χ2n) is 2.35. The van der Waals surface area contributed by atoms with Gasteiger partial charge in [-0.1, -0.05) is 16.1 Å². The van der Waals surface area contributed by atoms with Crippen molar-refractivity contribution in [1.29, 1.82) is 0 Å². The maximum absolute atomic E-state index is 10.7. The number of carboxylic acid groups (broad SMARTS) is 1. The van der Waals surface area contributed by atoms with Crippen LogP contribution in [0.3, 0.4) is 0 Å². The van der Waals surface area contributed by atoms with Gasteiger partial charge in [0.1, 0.15) is 5.52 Å². The minimum atomic E-state index is -1.04. The number of carboxylic acids is 1. The Morgan fingerprint density at radius 1 is 1.54 bits per heavy atom. The number of nitrogens with zero attached hydrogens (tertiary/aromatic N) is 2. The Labute approximate surface area is 81.9 Å². The van der Waals surface area contributed by atoms with Crippen LogP contribution in [-0.2, 0) is 0 Å². The molecule has 0 aliphatic carbocycles. The fraction of sp³-hybridized carbons (Fsp3) is 0. The van der Waals surface area contributed by atoms with Crippen molar-refractivity contribution in [2.75, 3.05) is 0 Å². The summed E-state index contributed by atoms with van der Waals surface area (Å²) in [5.74, 6) is -1.04. The van der Waals surface area contributed by atoms with Crippen molar-refractivity contribution in [1.82, 2.24) is 9.59 Å². The highest BCUT2D eigenvalue weighted by Crippen LogP contribution is 2.28. The number of aromatic nitrogens is 2. The van der Waals surface area contributed by atoms with Gasteiger partial charge >= 0.3 is 5.97 Å². The summed E-state index contributed by atoms with van der Waals surface area (Å²) in [4.78, 5) is 10.7. The number of hydrogen-bond donors (Lipinski definition) is 1. The first-order chi connectivity index (χ1) is 6.20. The van der Waals surface area contributed by atoms with Crippen molar-refractivity contribution < 1.29 is 9.90 Å². The smallest absolute Gasteiger partial charge is 0.337 e. The monoisotopic (exact) mass is 214 g/mol. The Kier molecular flexibility index (Phi) is 1.90. The van der Waals surface area contributed by atoms with Crippen LogP contribution < -0.4 is 0 Å². The van der Waals surface area contributed by atoms with E-state index in [2.05, 4.69) is 9.59 Å². The van der Waals surface area contributed by atoms with E-state index in [0.29, 0.717) is 10.2 Å². The molecule has 66 valence electrons. The fourth-order valence-electron chi connectivity index (χ4n) is 0.982. The zero-order valence-corrected chi connectivity index (χ0v) is 7.76. The van der Waals surface area contributed by atoms with Crippen molar-refractivity contribution in [2.45, 2.75) is 0 Å². The Bertz CT molecular complexity index is 482. The van der Waals surface area contributed by atoms with Crippen molar-refractivity contribution in [2.24, 2.45) is 0 Å². The molecular formula is C7H3ClN2O2S. The van der Waals surface area contributed by atoms with Gasteiger partial charge in [-0.25, -0.2) is 4.79 Å². The van der Waals surface area contributed by atoms with E-state index in [9.17, 15) is 4.79 Å². The van der Waals surface area contributed by atoms with Gasteiger partial charge in [0, 0.05) is 0 Å². The van der Waals surface area contributed by atoms with Gasteiger partial charge in [0.2, 0.25) is 0 Å². The summed E-state index contributed by atoms with van der Waals surface area (Å²) in [5.41, 5.74) is 0.709. The first-order valence-corrected chi connectivity index (χ1v) is 4.49. The third kappa shape index (κ3) is 1.26. The Morgan fingerprint density at radius 3 is 3.00 bits per heavy atom. The van der Waals surface area contributed by atoms with E-state index in [-0.39, 0.29) is 10.6 Å². The largest absolute Gasteiger partial charge is 0.478 e. The highest BCUT2D eigenvalue weighted by Gasteiger charge is 2.13. The van der Waals surface area contributed by atoms with E-state index in [1.807, 2.05) is 0 Å². The van der Waals surface area contributed by atoms with Crippen LogP contribution in [0, 0.1) is 0 Å². The number of fused-ring (bicyclic) bond motifs is 1. The molecule has 0 atom stereocenters. The molecule has 1 aromatic heterocycles. The molecule has 0 bridgehead atoms. The third-order valence-corrected chi connectivity index (χ3v) is 2.85. The highest BCUT2D eigenvalue weighted by atomic mass is 35.5. The van der Waals surface area contributed by atoms with Crippen molar-refractivity contribution in [3.05, 3.63) is 22.7 Å². The molecule has 0 saturated carbocycles. The molecule has 0 radical (unpaired) electrons. The lowest BCUT2D eigenvalue weighted by Crippen LogP contribution is -1.96. The van der Waals surface area contributed by atoms with Gasteiger partial charge in [-0.2, -0.15) is 0 Å². The molecule has 2 aromatic rings. The average Bonchev–Trinajstić information content (AvgIpc) is 2.52. The summed E-state index contributed by atoms with van der Waals surface area (Å²) in [6, 6.07) is 3.02. The molecule has 13 heavy (non-hydrogen) atoms. The molecule has 0 fully saturated rings. The van der Waals surface area contributed by atoms with Gasteiger partial charge in [0.15, 0.2) is 0 Å². The molecular weight excluding hydrogens is 212 g/mol. The van der Waals surface area contributed by atoms with E-state index in [1.165, 1.54) is 6.07 Å². The van der Waals surface area contributed by atoms with Gasteiger partial charge in [0.05, 0.1) is 15.3 Å². The molecule has 0 aliphatic heterocycles. The van der Waals surface area contributed by atoms with Gasteiger partial charge in [-0.3, -0.25) is 0 Å². The average molecular weight is 215 g/mol. The number of rotatable bonds is 1. The minimum absolute atomic E-state index is 0.0835. The van der Waals surface area contributed by atoms with Crippen LogP contribution in [0.4, 0.5) is 0 Å². The first kappa shape index (κ1) is 8.40. The molecule has 0 unspecified atom stereocenters. The molecule has 1 aromatic carbocycles. The number of benzene rings is 1. The first-order valence-electron chi connectivity index (χ1n) is 3.34. The standard InChI is InChI=1S/C7H3ClN2O2S/c8-5-3(7(11)12)1-2-4-6(5)13-10-9-4/h1-2H,(H,11,12). The predicted molar refractivity (Wildman–Crippen MR) is 49.4 cm³/mol. The van der Waals surface area contributed by atoms with Crippen LogP contribution in [0.15, 0.2) is 12.1 Å². The molecule has 1 N–H and O–H groups in total. The summed E-state index contributed by atoms with van der Waals surface area (Å²) >= 11 is 6.92. The number of hydrogen-bond acceptors (Lipinski definition) is 4. The van der Waals surface area contributed by atoms with Crippen LogP contribution in [0.5, 0.6) is 0 Å². The van der Waals surface area contributed by atoms with Crippen LogP contribution in [-0.4, -0.2) is 20.7 Å². The number of carbonyl (C=O) groups is 1. The topological polar surface area (TPSA) is 63.1 Å². The quantitative estimate of drug-likeness (QED) is 0.789. The van der Waals surface area contributed by atoms with Gasteiger partial charge in [0.25, 0.3) is 0 Å². The van der Waals surface area contributed by atoms with Crippen molar-refractivity contribution in [3.8, 4) is 0 Å². The zero-order valence-electron chi connectivity index (χ0n) is 6.19. The van der Waals surface area contributed by atoms with E-state index in [0.717, 1.165) is 11.5 Å². The van der Waals surface area contributed by atoms with Gasteiger partial charge in [-0.05, 0) is 23.7 Å². The summed E-state index contributed by atoms with van der Waals surface area (Å²) < 4.78 is 4.29. The fourth-order valence-corrected chi connectivity index (χ4v) is 1.93. The van der Waals surface area contributed by atoms with Crippen LogP contribution in [0.1, 0.15) is 10.4 Å². The lowest BCUT2D eigenvalue weighted by Gasteiger charge is -1.96. The SMILES string of the molecule is O=C(O)c1ccc2nnsc2c1Cl. The Balaban J connectivity index is 2.80. The molecule has 2 rings (SSSR count). The van der Waals surface area contributed by atoms with Crippen LogP contribution in [0.25, 0.3) is 10.2 Å². The van der Waals surface area contributed by atoms with Crippen molar-refractivity contribution >= 4 is 39.3 Å². The molecule has 0 saturated heterocycles. The minimum Gasteiger partial charge on any atom is -0.478 e. The number of halogens is 1. The molecule has 6 heteroatoms. The molecule has 0 aliphatic rings. The van der Waals surface area contributed by atoms with Gasteiger partial charge in [-0.15, -0.1) is 5.10 Å². The lowest BCUT2D eigenvalue weighted by atomic mass is 10.2.